The Morgan fingerprint density at radius 2 is 2.19 bits per heavy atom. The van der Waals surface area contributed by atoms with Crippen molar-refractivity contribution in [1.82, 2.24) is 30.1 Å². The fourth-order valence-electron chi connectivity index (χ4n) is 2.53. The summed E-state index contributed by atoms with van der Waals surface area (Å²) in [7, 11) is 3.86. The quantitative estimate of drug-likeness (QED) is 0.351. The van der Waals surface area contributed by atoms with Crippen LogP contribution >= 0.6 is 0 Å². The first-order chi connectivity index (χ1) is 13.2. The van der Waals surface area contributed by atoms with E-state index < -0.39 is 0 Å². The molecule has 8 nitrogen and oxygen atoms in total. The fraction of sp³-hybridized carbons (Fsp3) is 0.526. The predicted octanol–water partition coefficient (Wildman–Crippen LogP) is 1.29. The molecular formula is C19H31N7O. The van der Waals surface area contributed by atoms with Crippen molar-refractivity contribution in [2.75, 3.05) is 46.9 Å². The van der Waals surface area contributed by atoms with Gasteiger partial charge in [-0.2, -0.15) is 0 Å². The highest BCUT2D eigenvalue weighted by atomic mass is 16.5. The van der Waals surface area contributed by atoms with E-state index in [4.69, 9.17) is 4.74 Å². The lowest BCUT2D eigenvalue weighted by Crippen LogP contribution is -2.41. The second-order valence-electron chi connectivity index (χ2n) is 6.27. The Balaban J connectivity index is 1.80. The molecule has 0 aromatic carbocycles. The highest BCUT2D eigenvalue weighted by molar-refractivity contribution is 5.79. The fourth-order valence-corrected chi connectivity index (χ4v) is 2.53. The van der Waals surface area contributed by atoms with Crippen LogP contribution in [0.4, 0.5) is 0 Å². The van der Waals surface area contributed by atoms with Gasteiger partial charge in [-0.25, -0.2) is 15.0 Å². The standard InChI is InChI=1S/C19H31N7O/c1-4-21-19(22-9-11-25(2)10-5-13-27-3)24-15-17-6-7-18(23-14-17)26-12-8-20-16-26/h6-8,12,14,16H,4-5,9-11,13,15H2,1-3H3,(H2,21,22,24). The lowest BCUT2D eigenvalue weighted by Gasteiger charge is -2.18. The van der Waals surface area contributed by atoms with Gasteiger partial charge in [-0.15, -0.1) is 0 Å². The Labute approximate surface area is 161 Å². The molecule has 0 aliphatic rings. The van der Waals surface area contributed by atoms with Crippen molar-refractivity contribution in [2.45, 2.75) is 19.9 Å². The van der Waals surface area contributed by atoms with Gasteiger partial charge in [0, 0.05) is 58.5 Å². The van der Waals surface area contributed by atoms with Crippen molar-refractivity contribution in [3.8, 4) is 5.82 Å². The van der Waals surface area contributed by atoms with Gasteiger partial charge in [0.15, 0.2) is 5.96 Å². The third-order valence-electron chi connectivity index (χ3n) is 4.02. The number of ether oxygens (including phenoxy) is 1. The van der Waals surface area contributed by atoms with Gasteiger partial charge >= 0.3 is 0 Å². The second kappa shape index (κ2) is 12.0. The minimum absolute atomic E-state index is 0.580. The van der Waals surface area contributed by atoms with Crippen molar-refractivity contribution in [1.29, 1.82) is 0 Å². The topological polar surface area (TPSA) is 79.6 Å². The molecule has 0 bridgehead atoms. The summed E-state index contributed by atoms with van der Waals surface area (Å²) in [5.74, 6) is 1.67. The third kappa shape index (κ3) is 7.76. The van der Waals surface area contributed by atoms with E-state index in [1.165, 1.54) is 0 Å². The largest absolute Gasteiger partial charge is 0.385 e. The zero-order chi connectivity index (χ0) is 19.3. The molecule has 2 aromatic rings. The van der Waals surface area contributed by atoms with Crippen LogP contribution in [-0.4, -0.2) is 72.3 Å². The summed E-state index contributed by atoms with van der Waals surface area (Å²) in [6, 6.07) is 4.01. The van der Waals surface area contributed by atoms with E-state index in [1.54, 1.807) is 19.6 Å². The average Bonchev–Trinajstić information content (AvgIpc) is 3.21. The lowest BCUT2D eigenvalue weighted by atomic mass is 10.3. The number of aromatic nitrogens is 3. The zero-order valence-electron chi connectivity index (χ0n) is 16.6. The predicted molar refractivity (Wildman–Crippen MR) is 108 cm³/mol. The molecule has 0 saturated carbocycles. The van der Waals surface area contributed by atoms with Gasteiger partial charge in [0.1, 0.15) is 12.1 Å². The Bertz CT molecular complexity index is 655. The Hall–Kier alpha value is -2.45. The first-order valence-corrected chi connectivity index (χ1v) is 9.36. The van der Waals surface area contributed by atoms with Crippen LogP contribution in [-0.2, 0) is 11.3 Å². The number of guanidine groups is 1. The maximum absolute atomic E-state index is 5.09. The molecule has 2 heterocycles. The smallest absolute Gasteiger partial charge is 0.191 e. The van der Waals surface area contributed by atoms with Gasteiger partial charge in [-0.05, 0) is 32.0 Å². The Kier molecular flexibility index (Phi) is 9.29. The molecule has 148 valence electrons. The molecule has 0 atom stereocenters. The molecule has 27 heavy (non-hydrogen) atoms. The van der Waals surface area contributed by atoms with Gasteiger partial charge in [-0.1, -0.05) is 6.07 Å². The van der Waals surface area contributed by atoms with E-state index in [9.17, 15) is 0 Å². The number of pyridine rings is 1. The first-order valence-electron chi connectivity index (χ1n) is 9.36. The Morgan fingerprint density at radius 3 is 2.85 bits per heavy atom. The molecule has 0 aliphatic carbocycles. The normalized spacial score (nSPS) is 11.8. The number of nitrogens with zero attached hydrogens (tertiary/aromatic N) is 5. The number of likely N-dealkylation sites (N-methyl/N-ethyl adjacent to an activating group) is 1. The molecule has 0 spiro atoms. The summed E-state index contributed by atoms with van der Waals surface area (Å²) in [5.41, 5.74) is 1.06. The summed E-state index contributed by atoms with van der Waals surface area (Å²) in [4.78, 5) is 15.4. The van der Waals surface area contributed by atoms with E-state index >= 15 is 0 Å². The van der Waals surface area contributed by atoms with Crippen LogP contribution in [0, 0.1) is 0 Å². The van der Waals surface area contributed by atoms with Crippen LogP contribution in [0.5, 0.6) is 0 Å². The van der Waals surface area contributed by atoms with Gasteiger partial charge in [0.2, 0.25) is 0 Å². The molecule has 2 aromatic heterocycles. The highest BCUT2D eigenvalue weighted by Gasteiger charge is 2.02. The molecule has 0 unspecified atom stereocenters. The summed E-state index contributed by atoms with van der Waals surface area (Å²) < 4.78 is 6.97. The summed E-state index contributed by atoms with van der Waals surface area (Å²) in [5, 5.41) is 6.66. The van der Waals surface area contributed by atoms with Crippen LogP contribution in [0.15, 0.2) is 42.0 Å². The molecule has 2 N–H and O–H groups in total. The van der Waals surface area contributed by atoms with E-state index in [0.29, 0.717) is 6.54 Å². The van der Waals surface area contributed by atoms with Crippen LogP contribution < -0.4 is 10.6 Å². The number of imidazole rings is 1. The summed E-state index contributed by atoms with van der Waals surface area (Å²) in [6.45, 7) is 7.09. The molecule has 0 aliphatic heterocycles. The number of nitrogens with one attached hydrogen (secondary N) is 2. The van der Waals surface area contributed by atoms with Crippen molar-refractivity contribution in [3.05, 3.63) is 42.6 Å². The number of methoxy groups -OCH3 is 1. The minimum atomic E-state index is 0.580. The van der Waals surface area contributed by atoms with Crippen LogP contribution in [0.3, 0.4) is 0 Å². The monoisotopic (exact) mass is 373 g/mol. The molecular weight excluding hydrogens is 342 g/mol. The molecule has 8 heteroatoms. The second-order valence-corrected chi connectivity index (χ2v) is 6.27. The molecule has 0 amide bonds. The first kappa shape index (κ1) is 20.9. The maximum Gasteiger partial charge on any atom is 0.191 e. The van der Waals surface area contributed by atoms with Gasteiger partial charge in [0.25, 0.3) is 0 Å². The average molecular weight is 374 g/mol. The molecule has 0 fully saturated rings. The molecule has 0 radical (unpaired) electrons. The van der Waals surface area contributed by atoms with Gasteiger partial charge in [-0.3, -0.25) is 4.57 Å². The van der Waals surface area contributed by atoms with Crippen LogP contribution in [0.1, 0.15) is 18.9 Å². The summed E-state index contributed by atoms with van der Waals surface area (Å²) in [6.07, 6.45) is 8.25. The maximum atomic E-state index is 5.09. The number of aliphatic imine (C=N–C) groups is 1. The van der Waals surface area contributed by atoms with Crippen LogP contribution in [0.2, 0.25) is 0 Å². The minimum Gasteiger partial charge on any atom is -0.385 e. The number of hydrogen-bond acceptors (Lipinski definition) is 5. The number of rotatable bonds is 11. The highest BCUT2D eigenvalue weighted by Crippen LogP contribution is 2.06. The van der Waals surface area contributed by atoms with Crippen molar-refractivity contribution >= 4 is 5.96 Å². The van der Waals surface area contributed by atoms with Crippen molar-refractivity contribution in [3.63, 3.8) is 0 Å². The summed E-state index contributed by atoms with van der Waals surface area (Å²) >= 11 is 0. The van der Waals surface area contributed by atoms with Crippen molar-refractivity contribution in [2.24, 2.45) is 4.99 Å². The van der Waals surface area contributed by atoms with E-state index in [1.807, 2.05) is 29.1 Å². The van der Waals surface area contributed by atoms with Crippen molar-refractivity contribution < 1.29 is 4.74 Å². The SMILES string of the molecule is CCNC(=NCc1ccc(-n2ccnc2)nc1)NCCN(C)CCCOC. The number of hydrogen-bond donors (Lipinski definition) is 2. The van der Waals surface area contributed by atoms with E-state index in [2.05, 4.69) is 44.5 Å². The lowest BCUT2D eigenvalue weighted by molar-refractivity contribution is 0.180. The zero-order valence-corrected chi connectivity index (χ0v) is 16.6. The third-order valence-corrected chi connectivity index (χ3v) is 4.02. The Morgan fingerprint density at radius 1 is 1.30 bits per heavy atom. The van der Waals surface area contributed by atoms with E-state index in [0.717, 1.165) is 56.5 Å². The van der Waals surface area contributed by atoms with Gasteiger partial charge in [0.05, 0.1) is 6.54 Å². The van der Waals surface area contributed by atoms with Crippen LogP contribution in [0.25, 0.3) is 5.82 Å². The molecule has 0 saturated heterocycles. The van der Waals surface area contributed by atoms with Gasteiger partial charge < -0.3 is 20.3 Å². The van der Waals surface area contributed by atoms with E-state index in [-0.39, 0.29) is 0 Å². The molecule has 2 rings (SSSR count).